The zero-order valence-corrected chi connectivity index (χ0v) is 26.5. The van der Waals surface area contributed by atoms with E-state index in [4.69, 9.17) is 4.74 Å². The summed E-state index contributed by atoms with van der Waals surface area (Å²) in [4.78, 5) is 0. The number of rotatable bonds is 12. The molecule has 0 aromatic heterocycles. The van der Waals surface area contributed by atoms with Crippen molar-refractivity contribution in [3.63, 3.8) is 0 Å². The third-order valence-corrected chi connectivity index (χ3v) is 12.4. The molecule has 0 aromatic carbocycles. The third kappa shape index (κ3) is 6.91. The van der Waals surface area contributed by atoms with Gasteiger partial charge in [-0.3, -0.25) is 10.6 Å². The average Bonchev–Trinajstić information content (AvgIpc) is 3.55. The molecule has 4 rings (SSSR count). The lowest BCUT2D eigenvalue weighted by atomic mass is 9.77. The van der Waals surface area contributed by atoms with Crippen LogP contribution in [0.1, 0.15) is 93.4 Å². The summed E-state index contributed by atoms with van der Waals surface area (Å²) < 4.78 is 5.21. The van der Waals surface area contributed by atoms with E-state index < -0.39 is 18.7 Å². The summed E-state index contributed by atoms with van der Waals surface area (Å²) in [6, 6.07) is 2.35. The molecule has 4 saturated heterocycles. The van der Waals surface area contributed by atoms with Gasteiger partial charge in [-0.1, -0.05) is 54.9 Å². The van der Waals surface area contributed by atoms with Crippen molar-refractivity contribution in [2.75, 3.05) is 7.11 Å². The van der Waals surface area contributed by atoms with Crippen LogP contribution in [0.4, 0.5) is 0 Å². The van der Waals surface area contributed by atoms with Gasteiger partial charge < -0.3 is 30.7 Å². The minimum absolute atomic E-state index is 0.266. The summed E-state index contributed by atoms with van der Waals surface area (Å²) in [5.74, 6) is 3.66. The molecule has 0 aromatic rings. The van der Waals surface area contributed by atoms with Gasteiger partial charge in [0.15, 0.2) is 6.29 Å². The minimum atomic E-state index is -0.708. The molecule has 0 bridgehead atoms. The van der Waals surface area contributed by atoms with E-state index in [1.165, 1.54) is 12.8 Å². The van der Waals surface area contributed by atoms with Gasteiger partial charge in [-0.15, -0.1) is 0 Å². The van der Waals surface area contributed by atoms with Crippen LogP contribution in [0.2, 0.25) is 0 Å². The fourth-order valence-electron chi connectivity index (χ4n) is 8.94. The number of ether oxygens (including phenoxy) is 1. The summed E-state index contributed by atoms with van der Waals surface area (Å²) in [5.41, 5.74) is 0. The lowest BCUT2D eigenvalue weighted by Crippen LogP contribution is -2.44. The molecular formula is C32H62N4O4. The van der Waals surface area contributed by atoms with Crippen LogP contribution in [0, 0.1) is 47.3 Å². The predicted molar refractivity (Wildman–Crippen MR) is 160 cm³/mol. The Morgan fingerprint density at radius 1 is 0.575 bits per heavy atom. The number of aliphatic hydroxyl groups is 3. The molecule has 0 saturated carbocycles. The van der Waals surface area contributed by atoms with E-state index in [2.05, 4.69) is 69.7 Å². The van der Waals surface area contributed by atoms with Crippen molar-refractivity contribution >= 4 is 0 Å². The first-order chi connectivity index (χ1) is 19.0. The molecule has 4 fully saturated rings. The Hall–Kier alpha value is -0.320. The van der Waals surface area contributed by atoms with Crippen molar-refractivity contribution in [1.29, 1.82) is 0 Å². The maximum Gasteiger partial charge on any atom is 0.154 e. The van der Waals surface area contributed by atoms with E-state index in [0.717, 1.165) is 25.7 Å². The van der Waals surface area contributed by atoms with Gasteiger partial charge in [-0.05, 0) is 85.9 Å². The number of hydrogen-bond donors (Lipinski definition) is 7. The number of methoxy groups -OCH3 is 1. The molecule has 40 heavy (non-hydrogen) atoms. The maximum absolute atomic E-state index is 10.4. The zero-order valence-electron chi connectivity index (χ0n) is 26.5. The fourth-order valence-corrected chi connectivity index (χ4v) is 8.94. The van der Waals surface area contributed by atoms with Crippen molar-refractivity contribution in [3.05, 3.63) is 0 Å². The lowest BCUT2D eigenvalue weighted by Gasteiger charge is -2.29. The van der Waals surface area contributed by atoms with Gasteiger partial charge in [0.1, 0.15) is 12.5 Å². The molecule has 4 heterocycles. The quantitative estimate of drug-likeness (QED) is 0.180. The molecule has 8 nitrogen and oxygen atoms in total. The fraction of sp³-hybridized carbons (Fsp3) is 1.00. The van der Waals surface area contributed by atoms with Crippen LogP contribution in [0.15, 0.2) is 0 Å². The number of aliphatic hydroxyl groups excluding tert-OH is 3. The van der Waals surface area contributed by atoms with Crippen LogP contribution in [-0.4, -0.2) is 77.4 Å². The summed E-state index contributed by atoms with van der Waals surface area (Å²) in [6.45, 7) is 16.0. The normalized spacial score (nSPS) is 50.2. The summed E-state index contributed by atoms with van der Waals surface area (Å²) in [5, 5.41) is 46.2. The first-order valence-corrected chi connectivity index (χ1v) is 16.6. The highest BCUT2D eigenvalue weighted by Crippen LogP contribution is 2.42. The molecule has 8 heteroatoms. The van der Waals surface area contributed by atoms with Crippen molar-refractivity contribution in [2.24, 2.45) is 47.3 Å². The van der Waals surface area contributed by atoms with E-state index in [9.17, 15) is 15.3 Å². The van der Waals surface area contributed by atoms with E-state index >= 15 is 0 Å². The summed E-state index contributed by atoms with van der Waals surface area (Å²) in [6.07, 6.45) is 5.69. The largest absolute Gasteiger partial charge is 0.378 e. The molecule has 234 valence electrons. The second kappa shape index (κ2) is 14.0. The van der Waals surface area contributed by atoms with Crippen LogP contribution in [-0.2, 0) is 4.74 Å². The van der Waals surface area contributed by atoms with Crippen LogP contribution in [0.3, 0.4) is 0 Å². The Balaban J connectivity index is 1.46. The monoisotopic (exact) mass is 566 g/mol. The smallest absolute Gasteiger partial charge is 0.154 e. The Kier molecular flexibility index (Phi) is 11.4. The van der Waals surface area contributed by atoms with E-state index in [-0.39, 0.29) is 11.8 Å². The molecule has 17 unspecified atom stereocenters. The molecule has 7 N–H and O–H groups in total. The Bertz CT molecular complexity index is 790. The number of hydrogen-bond acceptors (Lipinski definition) is 8. The highest BCUT2D eigenvalue weighted by atomic mass is 16.6. The van der Waals surface area contributed by atoms with Crippen LogP contribution < -0.4 is 21.3 Å². The van der Waals surface area contributed by atoms with Crippen molar-refractivity contribution < 1.29 is 20.1 Å². The summed E-state index contributed by atoms with van der Waals surface area (Å²) >= 11 is 0. The maximum atomic E-state index is 10.4. The molecule has 0 radical (unpaired) electrons. The van der Waals surface area contributed by atoms with Gasteiger partial charge in [0, 0.05) is 43.4 Å². The lowest BCUT2D eigenvalue weighted by molar-refractivity contribution is -0.0821. The van der Waals surface area contributed by atoms with Crippen LogP contribution >= 0.6 is 0 Å². The molecule has 4 aliphatic rings. The van der Waals surface area contributed by atoms with Gasteiger partial charge in [-0.2, -0.15) is 0 Å². The van der Waals surface area contributed by atoms with E-state index in [1.807, 2.05) is 0 Å². The molecule has 17 atom stereocenters. The van der Waals surface area contributed by atoms with Crippen LogP contribution in [0.25, 0.3) is 0 Å². The van der Waals surface area contributed by atoms with Crippen molar-refractivity contribution in [1.82, 2.24) is 21.3 Å². The zero-order chi connectivity index (χ0) is 29.3. The van der Waals surface area contributed by atoms with Gasteiger partial charge >= 0.3 is 0 Å². The molecular weight excluding hydrogens is 504 g/mol. The average molecular weight is 567 g/mol. The van der Waals surface area contributed by atoms with E-state index in [1.54, 1.807) is 7.11 Å². The molecule has 0 amide bonds. The molecule has 0 spiro atoms. The van der Waals surface area contributed by atoms with Gasteiger partial charge in [0.05, 0.1) is 0 Å². The SMILES string of the molecule is CCCC1C(CC2NC(CC3NC(O)C(C)C3C)C(C)C2CCC(O)OC)NC(CC2NC(O)C(C)C2C)C1C. The van der Waals surface area contributed by atoms with Crippen LogP contribution in [0.5, 0.6) is 0 Å². The second-order valence-corrected chi connectivity index (χ2v) is 14.4. The minimum Gasteiger partial charge on any atom is -0.378 e. The Morgan fingerprint density at radius 2 is 0.975 bits per heavy atom. The van der Waals surface area contributed by atoms with Gasteiger partial charge in [0.2, 0.25) is 0 Å². The predicted octanol–water partition coefficient (Wildman–Crippen LogP) is 3.01. The van der Waals surface area contributed by atoms with Crippen molar-refractivity contribution in [3.8, 4) is 0 Å². The highest BCUT2D eigenvalue weighted by Gasteiger charge is 2.48. The first-order valence-electron chi connectivity index (χ1n) is 16.6. The van der Waals surface area contributed by atoms with Gasteiger partial charge in [0.25, 0.3) is 0 Å². The number of nitrogens with one attached hydrogen (secondary N) is 4. The van der Waals surface area contributed by atoms with Crippen molar-refractivity contribution in [2.45, 2.75) is 148 Å². The second-order valence-electron chi connectivity index (χ2n) is 14.4. The highest BCUT2D eigenvalue weighted by molar-refractivity contribution is 5.05. The Labute approximate surface area is 244 Å². The Morgan fingerprint density at radius 3 is 1.35 bits per heavy atom. The first kappa shape index (κ1) is 32.6. The molecule has 0 aliphatic carbocycles. The molecule has 4 aliphatic heterocycles. The van der Waals surface area contributed by atoms with E-state index in [0.29, 0.717) is 78.2 Å². The summed E-state index contributed by atoms with van der Waals surface area (Å²) in [7, 11) is 1.58. The topological polar surface area (TPSA) is 118 Å². The third-order valence-electron chi connectivity index (χ3n) is 12.4. The standard InChI is InChI=1S/C32H62N4O4/c1-9-10-22-20(6)26(13-24-16(2)18(4)31(38)35-24)33-28(22)15-29-23(11-12-30(37)40-8)21(7)27(34-29)14-25-17(3)19(5)32(39)36-25/h16-39H,9-15H2,1-8H3. The van der Waals surface area contributed by atoms with Gasteiger partial charge in [-0.25, -0.2) is 0 Å².